The maximum absolute atomic E-state index is 3.17. The number of rotatable bonds is 0. The molecule has 0 radical (unpaired) electrons. The second kappa shape index (κ2) is 3.77. The first-order valence-electron chi connectivity index (χ1n) is 3.66. The van der Waals surface area contributed by atoms with Gasteiger partial charge in [-0.2, -0.15) is 0 Å². The van der Waals surface area contributed by atoms with Crippen molar-refractivity contribution in [2.45, 2.75) is 19.3 Å². The van der Waals surface area contributed by atoms with Gasteiger partial charge in [-0.1, -0.05) is 6.08 Å². The molecule has 1 fully saturated rings. The van der Waals surface area contributed by atoms with Crippen molar-refractivity contribution in [3.8, 4) is 0 Å². The van der Waals surface area contributed by atoms with Crippen molar-refractivity contribution in [2.24, 2.45) is 5.92 Å². The zero-order valence-corrected chi connectivity index (χ0v) is 5.48. The molecule has 10 heavy (non-hydrogen) atoms. The summed E-state index contributed by atoms with van der Waals surface area (Å²) < 4.78 is 0. The van der Waals surface area contributed by atoms with Gasteiger partial charge in [-0.05, 0) is 19.3 Å². The summed E-state index contributed by atoms with van der Waals surface area (Å²) in [4.78, 5) is 0. The summed E-state index contributed by atoms with van der Waals surface area (Å²) >= 11 is 0. The molecule has 0 amide bonds. The first-order valence-corrected chi connectivity index (χ1v) is 3.66. The van der Waals surface area contributed by atoms with Crippen molar-refractivity contribution < 1.29 is 0 Å². The molecule has 1 unspecified atom stereocenters. The molecule has 2 aliphatic rings. The van der Waals surface area contributed by atoms with Crippen LogP contribution in [0, 0.1) is 5.92 Å². The molecular formula is C7H13N2Na. The monoisotopic (exact) mass is 148 g/mol. The van der Waals surface area contributed by atoms with Crippen molar-refractivity contribution in [3.05, 3.63) is 11.8 Å². The molecule has 1 aliphatic heterocycles. The van der Waals surface area contributed by atoms with E-state index in [0.29, 0.717) is 0 Å². The van der Waals surface area contributed by atoms with Gasteiger partial charge in [0.25, 0.3) is 0 Å². The van der Waals surface area contributed by atoms with E-state index in [1.54, 1.807) is 0 Å². The van der Waals surface area contributed by atoms with Crippen LogP contribution in [0.2, 0.25) is 0 Å². The molecule has 1 heterocycles. The predicted molar refractivity (Wildman–Crippen MR) is 43.7 cm³/mol. The Morgan fingerprint density at radius 1 is 1.50 bits per heavy atom. The second-order valence-corrected chi connectivity index (χ2v) is 2.79. The van der Waals surface area contributed by atoms with Crippen LogP contribution < -0.4 is 10.9 Å². The molecule has 0 aromatic carbocycles. The van der Waals surface area contributed by atoms with Gasteiger partial charge < -0.3 is 5.43 Å². The molecule has 52 valence electrons. The number of allylic oxidation sites excluding steroid dienone is 1. The molecule has 0 aromatic rings. The van der Waals surface area contributed by atoms with E-state index in [9.17, 15) is 0 Å². The molecular weight excluding hydrogens is 135 g/mol. The fraction of sp³-hybridized carbons (Fsp3) is 0.714. The first kappa shape index (κ1) is 8.60. The Labute approximate surface area is 83.7 Å². The minimum absolute atomic E-state index is 0. The number of fused-ring (bicyclic) bond motifs is 1. The van der Waals surface area contributed by atoms with Crippen LogP contribution in [0.15, 0.2) is 11.8 Å². The molecule has 0 saturated carbocycles. The number of hydrazine groups is 1. The van der Waals surface area contributed by atoms with E-state index >= 15 is 0 Å². The van der Waals surface area contributed by atoms with Gasteiger partial charge >= 0.3 is 29.6 Å². The second-order valence-electron chi connectivity index (χ2n) is 2.79. The summed E-state index contributed by atoms with van der Waals surface area (Å²) in [6, 6.07) is 0. The van der Waals surface area contributed by atoms with Crippen molar-refractivity contribution >= 4 is 29.6 Å². The average Bonchev–Trinajstić information content (AvgIpc) is 2.33. The third kappa shape index (κ3) is 1.56. The maximum atomic E-state index is 3.17. The Kier molecular flexibility index (Phi) is 3.24. The van der Waals surface area contributed by atoms with E-state index in [2.05, 4.69) is 16.9 Å². The molecule has 0 spiro atoms. The predicted octanol–water partition coefficient (Wildman–Crippen LogP) is 0.130. The summed E-state index contributed by atoms with van der Waals surface area (Å²) in [6.45, 7) is 1.13. The van der Waals surface area contributed by atoms with Crippen molar-refractivity contribution in [1.82, 2.24) is 10.9 Å². The molecule has 2 nitrogen and oxygen atoms in total. The van der Waals surface area contributed by atoms with Gasteiger partial charge in [-0.3, -0.25) is 0 Å². The third-order valence-corrected chi connectivity index (χ3v) is 2.14. The summed E-state index contributed by atoms with van der Waals surface area (Å²) in [5, 5.41) is 0. The van der Waals surface area contributed by atoms with E-state index < -0.39 is 0 Å². The van der Waals surface area contributed by atoms with Crippen molar-refractivity contribution in [3.63, 3.8) is 0 Å². The van der Waals surface area contributed by atoms with Gasteiger partial charge in [0.15, 0.2) is 0 Å². The molecule has 0 aromatic heterocycles. The Balaban J connectivity index is 0.000000500. The van der Waals surface area contributed by atoms with E-state index in [1.165, 1.54) is 25.0 Å². The Hall–Kier alpha value is 0.500. The zero-order chi connectivity index (χ0) is 6.10. The van der Waals surface area contributed by atoms with Crippen LogP contribution in [-0.2, 0) is 0 Å². The van der Waals surface area contributed by atoms with Gasteiger partial charge in [-0.15, -0.1) is 0 Å². The van der Waals surface area contributed by atoms with Crippen LogP contribution >= 0.6 is 0 Å². The molecule has 0 bridgehead atoms. The number of hydrogen-bond donors (Lipinski definition) is 2. The van der Waals surface area contributed by atoms with Crippen LogP contribution in [0.1, 0.15) is 19.3 Å². The van der Waals surface area contributed by atoms with E-state index in [4.69, 9.17) is 0 Å². The minimum atomic E-state index is 0. The number of hydrogen-bond acceptors (Lipinski definition) is 2. The number of nitrogens with one attached hydrogen (secondary N) is 2. The van der Waals surface area contributed by atoms with E-state index in [1.807, 2.05) is 0 Å². The topological polar surface area (TPSA) is 24.1 Å². The summed E-state index contributed by atoms with van der Waals surface area (Å²) in [7, 11) is 0. The molecule has 1 saturated heterocycles. The van der Waals surface area contributed by atoms with Gasteiger partial charge in [0.05, 0.1) is 0 Å². The molecule has 1 aliphatic carbocycles. The quantitative estimate of drug-likeness (QED) is 0.477. The third-order valence-electron chi connectivity index (χ3n) is 2.14. The Morgan fingerprint density at radius 2 is 2.40 bits per heavy atom. The fourth-order valence-corrected chi connectivity index (χ4v) is 1.59. The van der Waals surface area contributed by atoms with Gasteiger partial charge in [0, 0.05) is 18.2 Å². The van der Waals surface area contributed by atoms with Crippen molar-refractivity contribution in [1.29, 1.82) is 0 Å². The SMILES string of the molecule is C1=C2NNCC2CCC1.[NaH]. The summed E-state index contributed by atoms with van der Waals surface area (Å²) in [6.07, 6.45) is 6.32. The molecule has 3 heteroatoms. The molecule has 2 rings (SSSR count). The van der Waals surface area contributed by atoms with Gasteiger partial charge in [0.1, 0.15) is 0 Å². The standard InChI is InChI=1S/C7H12N2.Na.H/c1-2-4-7-6(3-1)5-8-9-7;;/h4,6,8-9H,1-3,5H2;;. The van der Waals surface area contributed by atoms with Crippen LogP contribution in [0.4, 0.5) is 0 Å². The van der Waals surface area contributed by atoms with Crippen LogP contribution in [0.3, 0.4) is 0 Å². The first-order chi connectivity index (χ1) is 4.47. The molecule has 1 atom stereocenters. The normalized spacial score (nSPS) is 29.6. The van der Waals surface area contributed by atoms with Crippen LogP contribution in [0.25, 0.3) is 0 Å². The summed E-state index contributed by atoms with van der Waals surface area (Å²) in [5.41, 5.74) is 7.75. The Bertz CT molecular complexity index is 145. The summed E-state index contributed by atoms with van der Waals surface area (Å²) in [5.74, 6) is 0.804. The zero-order valence-electron chi connectivity index (χ0n) is 5.48. The van der Waals surface area contributed by atoms with Gasteiger partial charge in [-0.25, -0.2) is 5.43 Å². The van der Waals surface area contributed by atoms with E-state index in [-0.39, 0.29) is 29.6 Å². The Morgan fingerprint density at radius 3 is 3.20 bits per heavy atom. The van der Waals surface area contributed by atoms with Crippen molar-refractivity contribution in [2.75, 3.05) is 6.54 Å². The van der Waals surface area contributed by atoms with E-state index in [0.717, 1.165) is 12.5 Å². The van der Waals surface area contributed by atoms with Gasteiger partial charge in [0.2, 0.25) is 0 Å². The molecule has 2 N–H and O–H groups in total. The van der Waals surface area contributed by atoms with Crippen LogP contribution in [-0.4, -0.2) is 36.1 Å². The average molecular weight is 148 g/mol. The van der Waals surface area contributed by atoms with Crippen LogP contribution in [0.5, 0.6) is 0 Å². The fourth-order valence-electron chi connectivity index (χ4n) is 1.59.